The lowest BCUT2D eigenvalue weighted by Crippen LogP contribution is -2.12. The Balaban J connectivity index is 1.77. The molecule has 3 rings (SSSR count). The van der Waals surface area contributed by atoms with Crippen LogP contribution in [-0.2, 0) is 0 Å². The number of benzene rings is 3. The van der Waals surface area contributed by atoms with Gasteiger partial charge in [0.05, 0.1) is 5.56 Å². The molecule has 0 aliphatic heterocycles. The van der Waals surface area contributed by atoms with Crippen LogP contribution in [0, 0.1) is 5.82 Å². The van der Waals surface area contributed by atoms with E-state index < -0.39 is 0 Å². The van der Waals surface area contributed by atoms with Gasteiger partial charge < -0.3 is 5.32 Å². The fraction of sp³-hybridized carbons (Fsp3) is 0. The molecule has 0 bridgehead atoms. The molecule has 114 valence electrons. The maximum absolute atomic E-state index is 13.1. The summed E-state index contributed by atoms with van der Waals surface area (Å²) in [7, 11) is 0. The number of amides is 1. The number of hydrogen-bond donors (Lipinski definition) is 1. The van der Waals surface area contributed by atoms with Crippen molar-refractivity contribution >= 4 is 27.5 Å². The molecule has 0 radical (unpaired) electrons. The Morgan fingerprint density at radius 1 is 0.870 bits per heavy atom. The van der Waals surface area contributed by atoms with Crippen molar-refractivity contribution in [3.05, 3.63) is 88.6 Å². The zero-order valence-corrected chi connectivity index (χ0v) is 13.7. The minimum absolute atomic E-state index is 0.288. The highest BCUT2D eigenvalue weighted by molar-refractivity contribution is 9.10. The van der Waals surface area contributed by atoms with Crippen molar-refractivity contribution in [2.45, 2.75) is 0 Å². The number of carbonyl (C=O) groups is 1. The Labute approximate surface area is 142 Å². The van der Waals surface area contributed by atoms with Crippen molar-refractivity contribution < 1.29 is 9.18 Å². The van der Waals surface area contributed by atoms with E-state index in [4.69, 9.17) is 0 Å². The van der Waals surface area contributed by atoms with Gasteiger partial charge in [-0.05, 0) is 57.4 Å². The molecule has 0 spiro atoms. The van der Waals surface area contributed by atoms with Crippen LogP contribution in [0.5, 0.6) is 0 Å². The monoisotopic (exact) mass is 369 g/mol. The average Bonchev–Trinajstić information content (AvgIpc) is 2.56. The molecule has 1 amide bonds. The van der Waals surface area contributed by atoms with Crippen LogP contribution in [0.15, 0.2) is 77.3 Å². The summed E-state index contributed by atoms with van der Waals surface area (Å²) in [4.78, 5) is 12.2. The predicted octanol–water partition coefficient (Wildman–Crippen LogP) is 5.51. The molecule has 0 unspecified atom stereocenters. The van der Waals surface area contributed by atoms with Crippen molar-refractivity contribution in [1.29, 1.82) is 0 Å². The highest BCUT2D eigenvalue weighted by atomic mass is 79.9. The minimum atomic E-state index is -0.388. The summed E-state index contributed by atoms with van der Waals surface area (Å²) < 4.78 is 13.5. The molecule has 3 aromatic carbocycles. The van der Waals surface area contributed by atoms with Crippen molar-refractivity contribution in [1.82, 2.24) is 0 Å². The molecule has 2 nitrogen and oxygen atoms in total. The van der Waals surface area contributed by atoms with Crippen LogP contribution in [0.25, 0.3) is 11.1 Å². The van der Waals surface area contributed by atoms with E-state index in [9.17, 15) is 9.18 Å². The van der Waals surface area contributed by atoms with Gasteiger partial charge in [-0.2, -0.15) is 0 Å². The molecule has 0 heterocycles. The number of halogens is 2. The fourth-order valence-electron chi connectivity index (χ4n) is 2.25. The van der Waals surface area contributed by atoms with Gasteiger partial charge in [-0.15, -0.1) is 0 Å². The van der Waals surface area contributed by atoms with E-state index in [1.807, 2.05) is 54.6 Å². The second-order valence-electron chi connectivity index (χ2n) is 5.02. The highest BCUT2D eigenvalue weighted by Crippen LogP contribution is 2.23. The SMILES string of the molecule is O=C(Nc1ccc(-c2ccccc2)cc1)c1ccc(F)cc1Br. The molecule has 4 heteroatoms. The summed E-state index contributed by atoms with van der Waals surface area (Å²) in [5, 5.41) is 2.81. The Bertz CT molecular complexity index is 832. The molecule has 3 aromatic rings. The van der Waals surface area contributed by atoms with Crippen molar-refractivity contribution in [3.8, 4) is 11.1 Å². The first-order chi connectivity index (χ1) is 11.1. The third-order valence-electron chi connectivity index (χ3n) is 3.43. The summed E-state index contributed by atoms with van der Waals surface area (Å²) >= 11 is 3.20. The van der Waals surface area contributed by atoms with Crippen molar-refractivity contribution in [3.63, 3.8) is 0 Å². The Hall–Kier alpha value is -2.46. The van der Waals surface area contributed by atoms with E-state index in [0.29, 0.717) is 15.7 Å². The van der Waals surface area contributed by atoms with E-state index in [1.54, 1.807) is 0 Å². The molecule has 0 saturated heterocycles. The first-order valence-corrected chi connectivity index (χ1v) is 7.85. The van der Waals surface area contributed by atoms with Crippen LogP contribution >= 0.6 is 15.9 Å². The van der Waals surface area contributed by atoms with Gasteiger partial charge in [0.25, 0.3) is 5.91 Å². The van der Waals surface area contributed by atoms with Gasteiger partial charge in [-0.3, -0.25) is 4.79 Å². The molecular weight excluding hydrogens is 357 g/mol. The maximum Gasteiger partial charge on any atom is 0.256 e. The molecule has 0 aromatic heterocycles. The third-order valence-corrected chi connectivity index (χ3v) is 4.08. The van der Waals surface area contributed by atoms with Crippen LogP contribution in [0.4, 0.5) is 10.1 Å². The molecule has 0 fully saturated rings. The number of carbonyl (C=O) groups excluding carboxylic acids is 1. The molecule has 0 aliphatic rings. The van der Waals surface area contributed by atoms with E-state index in [1.165, 1.54) is 18.2 Å². The van der Waals surface area contributed by atoms with Gasteiger partial charge in [0.2, 0.25) is 0 Å². The summed E-state index contributed by atoms with van der Waals surface area (Å²) in [6.07, 6.45) is 0. The lowest BCUT2D eigenvalue weighted by Gasteiger charge is -2.08. The van der Waals surface area contributed by atoms with Gasteiger partial charge in [-0.25, -0.2) is 4.39 Å². The number of anilines is 1. The van der Waals surface area contributed by atoms with Gasteiger partial charge in [0.1, 0.15) is 5.82 Å². The van der Waals surface area contributed by atoms with E-state index in [2.05, 4.69) is 21.2 Å². The van der Waals surface area contributed by atoms with Crippen LogP contribution in [0.2, 0.25) is 0 Å². The Kier molecular flexibility index (Phi) is 4.53. The zero-order valence-electron chi connectivity index (χ0n) is 12.1. The molecular formula is C19H13BrFNO. The zero-order chi connectivity index (χ0) is 16.2. The summed E-state index contributed by atoms with van der Waals surface area (Å²) in [6, 6.07) is 21.6. The van der Waals surface area contributed by atoms with Gasteiger partial charge in [0.15, 0.2) is 0 Å². The van der Waals surface area contributed by atoms with Gasteiger partial charge in [-0.1, -0.05) is 42.5 Å². The molecule has 0 saturated carbocycles. The van der Waals surface area contributed by atoms with Crippen LogP contribution < -0.4 is 5.32 Å². The standard InChI is InChI=1S/C19H13BrFNO/c20-18-12-15(21)8-11-17(18)19(23)22-16-9-6-14(7-10-16)13-4-2-1-3-5-13/h1-12H,(H,22,23). The second kappa shape index (κ2) is 6.75. The first-order valence-electron chi connectivity index (χ1n) is 7.05. The van der Waals surface area contributed by atoms with Crippen LogP contribution in [0.3, 0.4) is 0 Å². The van der Waals surface area contributed by atoms with E-state index in [0.717, 1.165) is 11.1 Å². The number of rotatable bonds is 3. The lowest BCUT2D eigenvalue weighted by atomic mass is 10.1. The van der Waals surface area contributed by atoms with Crippen LogP contribution in [0.1, 0.15) is 10.4 Å². The van der Waals surface area contributed by atoms with E-state index in [-0.39, 0.29) is 11.7 Å². The highest BCUT2D eigenvalue weighted by Gasteiger charge is 2.11. The fourth-order valence-corrected chi connectivity index (χ4v) is 2.78. The average molecular weight is 370 g/mol. The summed E-state index contributed by atoms with van der Waals surface area (Å²) in [5.74, 6) is -0.676. The molecule has 1 N–H and O–H groups in total. The first kappa shape index (κ1) is 15.4. The summed E-state index contributed by atoms with van der Waals surface area (Å²) in [5.41, 5.74) is 3.27. The van der Waals surface area contributed by atoms with E-state index >= 15 is 0 Å². The van der Waals surface area contributed by atoms with Crippen molar-refractivity contribution in [2.75, 3.05) is 5.32 Å². The lowest BCUT2D eigenvalue weighted by molar-refractivity contribution is 0.102. The van der Waals surface area contributed by atoms with Gasteiger partial charge >= 0.3 is 0 Å². The Morgan fingerprint density at radius 2 is 1.52 bits per heavy atom. The quantitative estimate of drug-likeness (QED) is 0.647. The topological polar surface area (TPSA) is 29.1 Å². The smallest absolute Gasteiger partial charge is 0.256 e. The second-order valence-corrected chi connectivity index (χ2v) is 5.88. The normalized spacial score (nSPS) is 10.3. The Morgan fingerprint density at radius 3 is 2.17 bits per heavy atom. The maximum atomic E-state index is 13.1. The minimum Gasteiger partial charge on any atom is -0.322 e. The third kappa shape index (κ3) is 3.66. The van der Waals surface area contributed by atoms with Crippen molar-refractivity contribution in [2.24, 2.45) is 0 Å². The van der Waals surface area contributed by atoms with Crippen LogP contribution in [-0.4, -0.2) is 5.91 Å². The number of hydrogen-bond acceptors (Lipinski definition) is 1. The molecule has 23 heavy (non-hydrogen) atoms. The largest absolute Gasteiger partial charge is 0.322 e. The number of nitrogens with one attached hydrogen (secondary N) is 1. The van der Waals surface area contributed by atoms with Gasteiger partial charge in [0, 0.05) is 10.2 Å². The molecule has 0 atom stereocenters. The molecule has 0 aliphatic carbocycles. The predicted molar refractivity (Wildman–Crippen MR) is 93.9 cm³/mol. The summed E-state index contributed by atoms with van der Waals surface area (Å²) in [6.45, 7) is 0.